The number of sulfonamides is 1. The number of rotatable bonds is 5. The molecule has 1 rings (SSSR count). The van der Waals surface area contributed by atoms with E-state index in [9.17, 15) is 8.42 Å². The Kier molecular flexibility index (Phi) is 4.11. The van der Waals surface area contributed by atoms with Gasteiger partial charge in [0, 0.05) is 13.1 Å². The van der Waals surface area contributed by atoms with Crippen molar-refractivity contribution in [1.29, 1.82) is 0 Å². The number of hydrogen-bond acceptors (Lipinski definition) is 3. The Hall–Kier alpha value is -1.07. The highest BCUT2D eigenvalue weighted by atomic mass is 32.2. The molecule has 1 aromatic carbocycles. The Labute approximate surface area is 90.8 Å². The van der Waals surface area contributed by atoms with Crippen molar-refractivity contribution in [2.24, 2.45) is 5.73 Å². The van der Waals surface area contributed by atoms with Gasteiger partial charge in [-0.25, -0.2) is 8.42 Å². The van der Waals surface area contributed by atoms with E-state index in [4.69, 9.17) is 5.73 Å². The molecule has 0 aromatic heterocycles. The first-order chi connectivity index (χ1) is 7.11. The van der Waals surface area contributed by atoms with Crippen LogP contribution in [0.2, 0.25) is 0 Å². The fourth-order valence-electron chi connectivity index (χ4n) is 1.30. The summed E-state index contributed by atoms with van der Waals surface area (Å²) in [5, 5.41) is 0. The van der Waals surface area contributed by atoms with Gasteiger partial charge in [-0.15, -0.1) is 0 Å². The first-order valence-electron chi connectivity index (χ1n) is 4.87. The van der Waals surface area contributed by atoms with Gasteiger partial charge in [-0.05, 0) is 19.1 Å². The van der Waals surface area contributed by atoms with Gasteiger partial charge in [0.25, 0.3) is 0 Å². The molecule has 0 aliphatic rings. The van der Waals surface area contributed by atoms with Gasteiger partial charge < -0.3 is 5.73 Å². The number of hydrogen-bond donors (Lipinski definition) is 1. The zero-order valence-corrected chi connectivity index (χ0v) is 9.57. The third-order valence-corrected chi connectivity index (χ3v) is 3.87. The quantitative estimate of drug-likeness (QED) is 0.811. The lowest BCUT2D eigenvalue weighted by Crippen LogP contribution is -2.36. The van der Waals surface area contributed by atoms with Crippen LogP contribution < -0.4 is 10.0 Å². The van der Waals surface area contributed by atoms with Gasteiger partial charge in [0.15, 0.2) is 0 Å². The summed E-state index contributed by atoms with van der Waals surface area (Å²) in [6.07, 6.45) is 0. The van der Waals surface area contributed by atoms with Gasteiger partial charge in [-0.3, -0.25) is 4.31 Å². The lowest BCUT2D eigenvalue weighted by Gasteiger charge is -2.22. The lowest BCUT2D eigenvalue weighted by atomic mass is 10.3. The van der Waals surface area contributed by atoms with E-state index in [2.05, 4.69) is 0 Å². The SMILES string of the molecule is CCS(=O)(=O)N(CCN)c1ccccc1. The second kappa shape index (κ2) is 5.14. The molecule has 0 saturated heterocycles. The Morgan fingerprint density at radius 1 is 1.27 bits per heavy atom. The molecule has 84 valence electrons. The molecule has 0 bridgehead atoms. The van der Waals surface area contributed by atoms with E-state index >= 15 is 0 Å². The van der Waals surface area contributed by atoms with Crippen LogP contribution in [0.15, 0.2) is 30.3 Å². The van der Waals surface area contributed by atoms with E-state index in [1.165, 1.54) is 4.31 Å². The van der Waals surface area contributed by atoms with E-state index in [-0.39, 0.29) is 5.75 Å². The molecule has 0 unspecified atom stereocenters. The Morgan fingerprint density at radius 2 is 1.87 bits per heavy atom. The molecule has 0 radical (unpaired) electrons. The minimum absolute atomic E-state index is 0.0852. The highest BCUT2D eigenvalue weighted by Gasteiger charge is 2.18. The van der Waals surface area contributed by atoms with Crippen molar-refractivity contribution in [2.45, 2.75) is 6.92 Å². The topological polar surface area (TPSA) is 63.4 Å². The molecule has 0 aliphatic heterocycles. The maximum atomic E-state index is 11.8. The molecule has 0 heterocycles. The van der Waals surface area contributed by atoms with Crippen molar-refractivity contribution < 1.29 is 8.42 Å². The molecule has 15 heavy (non-hydrogen) atoms. The highest BCUT2D eigenvalue weighted by molar-refractivity contribution is 7.92. The van der Waals surface area contributed by atoms with E-state index in [1.807, 2.05) is 18.2 Å². The van der Waals surface area contributed by atoms with Crippen LogP contribution in [-0.2, 0) is 10.0 Å². The summed E-state index contributed by atoms with van der Waals surface area (Å²) in [5.41, 5.74) is 6.08. The van der Waals surface area contributed by atoms with Gasteiger partial charge in [-0.1, -0.05) is 18.2 Å². The van der Waals surface area contributed by atoms with Crippen LogP contribution in [0, 0.1) is 0 Å². The molecule has 0 atom stereocenters. The van der Waals surface area contributed by atoms with Crippen molar-refractivity contribution in [3.63, 3.8) is 0 Å². The zero-order chi connectivity index (χ0) is 11.3. The highest BCUT2D eigenvalue weighted by Crippen LogP contribution is 2.16. The predicted molar refractivity (Wildman–Crippen MR) is 62.3 cm³/mol. The molecule has 5 heteroatoms. The predicted octanol–water partition coefficient (Wildman–Crippen LogP) is 0.801. The Balaban J connectivity index is 3.04. The summed E-state index contributed by atoms with van der Waals surface area (Å²) in [6, 6.07) is 9.00. The minimum atomic E-state index is -3.22. The first-order valence-corrected chi connectivity index (χ1v) is 6.48. The fourth-order valence-corrected chi connectivity index (χ4v) is 2.43. The number of para-hydroxylation sites is 1. The van der Waals surface area contributed by atoms with E-state index in [1.54, 1.807) is 19.1 Å². The van der Waals surface area contributed by atoms with Crippen LogP contribution in [-0.4, -0.2) is 27.3 Å². The second-order valence-corrected chi connectivity index (χ2v) is 5.28. The van der Waals surface area contributed by atoms with E-state index in [0.717, 1.165) is 0 Å². The molecular weight excluding hydrogens is 212 g/mol. The van der Waals surface area contributed by atoms with Crippen molar-refractivity contribution in [3.8, 4) is 0 Å². The average molecular weight is 228 g/mol. The van der Waals surface area contributed by atoms with Gasteiger partial charge in [0.2, 0.25) is 10.0 Å². The second-order valence-electron chi connectivity index (χ2n) is 3.10. The van der Waals surface area contributed by atoms with Gasteiger partial charge >= 0.3 is 0 Å². The molecular formula is C10H16N2O2S. The summed E-state index contributed by atoms with van der Waals surface area (Å²) in [7, 11) is -3.22. The fraction of sp³-hybridized carbons (Fsp3) is 0.400. The first kappa shape index (κ1) is 12.0. The van der Waals surface area contributed by atoms with Crippen LogP contribution in [0.1, 0.15) is 6.92 Å². The summed E-state index contributed by atoms with van der Waals surface area (Å²) in [4.78, 5) is 0. The van der Waals surface area contributed by atoms with E-state index < -0.39 is 10.0 Å². The normalized spacial score (nSPS) is 11.3. The Morgan fingerprint density at radius 3 is 2.33 bits per heavy atom. The van der Waals surface area contributed by atoms with Gasteiger partial charge in [0.05, 0.1) is 11.4 Å². The van der Waals surface area contributed by atoms with Crippen LogP contribution >= 0.6 is 0 Å². The number of nitrogens with zero attached hydrogens (tertiary/aromatic N) is 1. The van der Waals surface area contributed by atoms with Gasteiger partial charge in [-0.2, -0.15) is 0 Å². The molecule has 0 fully saturated rings. The lowest BCUT2D eigenvalue weighted by molar-refractivity contribution is 0.592. The van der Waals surface area contributed by atoms with Gasteiger partial charge in [0.1, 0.15) is 0 Å². The third kappa shape index (κ3) is 2.94. The number of nitrogens with two attached hydrogens (primary N) is 1. The summed E-state index contributed by atoms with van der Waals surface area (Å²) in [5.74, 6) is 0.0852. The molecule has 4 nitrogen and oxygen atoms in total. The molecule has 0 amide bonds. The van der Waals surface area contributed by atoms with Crippen LogP contribution in [0.5, 0.6) is 0 Å². The van der Waals surface area contributed by atoms with Crippen molar-refractivity contribution in [3.05, 3.63) is 30.3 Å². The molecule has 2 N–H and O–H groups in total. The molecule has 1 aromatic rings. The van der Waals surface area contributed by atoms with Crippen LogP contribution in [0.4, 0.5) is 5.69 Å². The summed E-state index contributed by atoms with van der Waals surface area (Å²) < 4.78 is 24.9. The van der Waals surface area contributed by atoms with Crippen molar-refractivity contribution >= 4 is 15.7 Å². The number of anilines is 1. The third-order valence-electron chi connectivity index (χ3n) is 2.08. The standard InChI is InChI=1S/C10H16N2O2S/c1-2-15(13,14)12(9-8-11)10-6-4-3-5-7-10/h3-7H,2,8-9,11H2,1H3. The summed E-state index contributed by atoms with van der Waals surface area (Å²) in [6.45, 7) is 2.26. The largest absolute Gasteiger partial charge is 0.329 e. The average Bonchev–Trinajstić information content (AvgIpc) is 2.27. The smallest absolute Gasteiger partial charge is 0.234 e. The number of benzene rings is 1. The maximum absolute atomic E-state index is 11.8. The minimum Gasteiger partial charge on any atom is -0.329 e. The van der Waals surface area contributed by atoms with E-state index in [0.29, 0.717) is 18.8 Å². The van der Waals surface area contributed by atoms with Crippen LogP contribution in [0.3, 0.4) is 0 Å². The van der Waals surface area contributed by atoms with Crippen molar-refractivity contribution in [1.82, 2.24) is 0 Å². The zero-order valence-electron chi connectivity index (χ0n) is 8.76. The summed E-state index contributed by atoms with van der Waals surface area (Å²) >= 11 is 0. The van der Waals surface area contributed by atoms with Crippen LogP contribution in [0.25, 0.3) is 0 Å². The maximum Gasteiger partial charge on any atom is 0.234 e. The molecule has 0 aliphatic carbocycles. The molecule has 0 spiro atoms. The monoisotopic (exact) mass is 228 g/mol. The Bertz CT molecular complexity index is 389. The van der Waals surface area contributed by atoms with Crippen molar-refractivity contribution in [2.75, 3.05) is 23.1 Å². The molecule has 0 saturated carbocycles.